The number of sulfonamides is 1. The number of aliphatic carboxylic acids is 1. The first-order chi connectivity index (χ1) is 18.3. The van der Waals surface area contributed by atoms with Crippen LogP contribution in [0.2, 0.25) is 10.0 Å². The highest BCUT2D eigenvalue weighted by Gasteiger charge is 2.54. The first-order valence-corrected chi connectivity index (χ1v) is 15.1. The summed E-state index contributed by atoms with van der Waals surface area (Å²) in [6.45, 7) is 3.30. The van der Waals surface area contributed by atoms with Gasteiger partial charge in [-0.05, 0) is 61.1 Å². The Hall–Kier alpha value is -2.62. The fourth-order valence-electron chi connectivity index (χ4n) is 5.64. The Morgan fingerprint density at radius 3 is 2.28 bits per heavy atom. The van der Waals surface area contributed by atoms with E-state index in [2.05, 4.69) is 0 Å². The summed E-state index contributed by atoms with van der Waals surface area (Å²) in [5.74, 6) is -2.82. The first-order valence-electron chi connectivity index (χ1n) is 12.9. The molecule has 8 nitrogen and oxygen atoms in total. The second-order valence-electron chi connectivity index (χ2n) is 10.7. The summed E-state index contributed by atoms with van der Waals surface area (Å²) in [5, 5.41) is 10.1. The van der Waals surface area contributed by atoms with Crippen molar-refractivity contribution >= 4 is 51.0 Å². The van der Waals surface area contributed by atoms with Gasteiger partial charge in [0.2, 0.25) is 15.9 Å². The summed E-state index contributed by atoms with van der Waals surface area (Å²) in [4.78, 5) is 41.5. The van der Waals surface area contributed by atoms with Gasteiger partial charge in [0.1, 0.15) is 6.04 Å². The van der Waals surface area contributed by atoms with E-state index in [4.69, 9.17) is 23.2 Å². The maximum atomic E-state index is 14.3. The average molecular weight is 596 g/mol. The number of carbonyl (C=O) groups is 3. The molecule has 2 aromatic carbocycles. The fourth-order valence-corrected chi connectivity index (χ4v) is 7.51. The van der Waals surface area contributed by atoms with Crippen molar-refractivity contribution in [2.45, 2.75) is 69.2 Å². The molecule has 0 radical (unpaired) electrons. The third kappa shape index (κ3) is 5.81. The molecule has 1 N–H and O–H groups in total. The maximum Gasteiger partial charge on any atom is 0.304 e. The molecule has 210 valence electrons. The molecule has 1 saturated heterocycles. The lowest BCUT2D eigenvalue weighted by molar-refractivity contribution is -0.163. The number of carboxylic acids is 1. The van der Waals surface area contributed by atoms with Crippen molar-refractivity contribution < 1.29 is 27.9 Å². The average Bonchev–Trinajstić information content (AvgIpc) is 3.73. The van der Waals surface area contributed by atoms with Crippen LogP contribution in [0, 0.1) is 5.41 Å². The molecule has 11 heteroatoms. The van der Waals surface area contributed by atoms with Gasteiger partial charge in [0.15, 0.2) is 0 Å². The zero-order valence-electron chi connectivity index (χ0n) is 22.0. The van der Waals surface area contributed by atoms with Gasteiger partial charge in [-0.15, -0.1) is 0 Å². The van der Waals surface area contributed by atoms with Crippen LogP contribution in [-0.4, -0.2) is 58.9 Å². The Balaban J connectivity index is 1.91. The SMILES string of the molecule is CCC(C(=O)N(C)S(=O)(=O)C1CC1)N1C(=O)[C@@](C)(CC(=O)O)C[C@H](c2cccc(Cl)c2)[C@H]1c1ccc(Cl)cc1. The third-order valence-corrected chi connectivity index (χ3v) is 10.5. The minimum absolute atomic E-state index is 0.130. The number of benzene rings is 2. The van der Waals surface area contributed by atoms with Crippen LogP contribution < -0.4 is 0 Å². The van der Waals surface area contributed by atoms with Crippen LogP contribution >= 0.6 is 23.2 Å². The van der Waals surface area contributed by atoms with Crippen LogP contribution in [0.5, 0.6) is 0 Å². The minimum atomic E-state index is -3.87. The lowest BCUT2D eigenvalue weighted by atomic mass is 9.67. The summed E-state index contributed by atoms with van der Waals surface area (Å²) >= 11 is 12.5. The summed E-state index contributed by atoms with van der Waals surface area (Å²) in [5.41, 5.74) is 0.107. The molecule has 1 unspecified atom stereocenters. The summed E-state index contributed by atoms with van der Waals surface area (Å²) in [7, 11) is -2.63. The van der Waals surface area contributed by atoms with Crippen molar-refractivity contribution in [2.24, 2.45) is 5.41 Å². The molecule has 39 heavy (non-hydrogen) atoms. The number of carboxylic acid groups (broad SMARTS) is 1. The standard InChI is InChI=1S/C28H32Cl2N2O6S/c1-4-23(26(35)31(3)39(37,38)21-12-13-21)32-25(17-8-10-19(29)11-9-17)22(18-6-5-7-20(30)14-18)15-28(2,27(32)36)16-24(33)34/h5-11,14,21-23,25H,4,12-13,15-16H2,1-3H3,(H,33,34)/t22-,23?,25-,28-/m1/s1. The van der Waals surface area contributed by atoms with Crippen molar-refractivity contribution in [2.75, 3.05) is 7.05 Å². The molecule has 2 aliphatic rings. The van der Waals surface area contributed by atoms with Gasteiger partial charge in [0.05, 0.1) is 23.1 Å². The smallest absolute Gasteiger partial charge is 0.304 e. The lowest BCUT2D eigenvalue weighted by Crippen LogP contribution is -2.60. The highest BCUT2D eigenvalue weighted by Crippen LogP contribution is 2.52. The van der Waals surface area contributed by atoms with Gasteiger partial charge in [-0.2, -0.15) is 0 Å². The molecule has 2 aromatic rings. The third-order valence-electron chi connectivity index (χ3n) is 7.78. The molecule has 0 bridgehead atoms. The number of amides is 2. The van der Waals surface area contributed by atoms with Crippen LogP contribution in [0.3, 0.4) is 0 Å². The van der Waals surface area contributed by atoms with Gasteiger partial charge >= 0.3 is 5.97 Å². The monoisotopic (exact) mass is 594 g/mol. The number of piperidine rings is 1. The summed E-state index contributed by atoms with van der Waals surface area (Å²) < 4.78 is 26.8. The van der Waals surface area contributed by atoms with Crippen LogP contribution in [-0.2, 0) is 24.4 Å². The van der Waals surface area contributed by atoms with Crippen LogP contribution in [0.1, 0.15) is 69.0 Å². The van der Waals surface area contributed by atoms with Crippen molar-refractivity contribution in [3.63, 3.8) is 0 Å². The highest BCUT2D eigenvalue weighted by atomic mass is 35.5. The molecule has 2 amide bonds. The molecular formula is C28H32Cl2N2O6S. The van der Waals surface area contributed by atoms with E-state index in [-0.39, 0.29) is 12.8 Å². The molecule has 1 aliphatic carbocycles. The van der Waals surface area contributed by atoms with E-state index < -0.39 is 62.9 Å². The number of carbonyl (C=O) groups excluding carboxylic acids is 2. The number of halogens is 2. The number of hydrogen-bond donors (Lipinski definition) is 1. The molecule has 1 saturated carbocycles. The van der Waals surface area contributed by atoms with Gasteiger partial charge < -0.3 is 10.0 Å². The molecule has 4 atom stereocenters. The highest BCUT2D eigenvalue weighted by molar-refractivity contribution is 7.90. The number of nitrogens with zero attached hydrogens (tertiary/aromatic N) is 2. The fraction of sp³-hybridized carbons (Fsp3) is 0.464. The Morgan fingerprint density at radius 2 is 1.74 bits per heavy atom. The second-order valence-corrected chi connectivity index (χ2v) is 13.8. The zero-order valence-corrected chi connectivity index (χ0v) is 24.3. The van der Waals surface area contributed by atoms with Crippen molar-refractivity contribution in [3.05, 3.63) is 69.7 Å². The molecule has 4 rings (SSSR count). The van der Waals surface area contributed by atoms with Crippen molar-refractivity contribution in [1.82, 2.24) is 9.21 Å². The van der Waals surface area contributed by atoms with Gasteiger partial charge in [0, 0.05) is 23.0 Å². The normalized spacial score (nSPS) is 24.3. The minimum Gasteiger partial charge on any atom is -0.481 e. The van der Waals surface area contributed by atoms with Gasteiger partial charge in [-0.1, -0.05) is 61.3 Å². The Labute approximate surface area is 238 Å². The Morgan fingerprint density at radius 1 is 1.10 bits per heavy atom. The summed E-state index contributed by atoms with van der Waals surface area (Å²) in [6, 6.07) is 12.2. The van der Waals surface area contributed by atoms with E-state index in [1.54, 1.807) is 56.3 Å². The zero-order chi connectivity index (χ0) is 28.7. The van der Waals surface area contributed by atoms with Crippen LogP contribution in [0.15, 0.2) is 48.5 Å². The molecular weight excluding hydrogens is 563 g/mol. The maximum absolute atomic E-state index is 14.3. The van der Waals surface area contributed by atoms with Crippen LogP contribution in [0.4, 0.5) is 0 Å². The van der Waals surface area contributed by atoms with E-state index in [0.717, 1.165) is 9.87 Å². The number of likely N-dealkylation sites (tertiary alicyclic amines) is 1. The summed E-state index contributed by atoms with van der Waals surface area (Å²) in [6.07, 6.45) is 0.835. The van der Waals surface area contributed by atoms with E-state index in [1.807, 2.05) is 6.07 Å². The number of likely N-dealkylation sites (N-methyl/N-ethyl adjacent to an activating group) is 1. The largest absolute Gasteiger partial charge is 0.481 e. The lowest BCUT2D eigenvalue weighted by Gasteiger charge is -2.51. The van der Waals surface area contributed by atoms with Gasteiger partial charge in [0.25, 0.3) is 5.91 Å². The molecule has 1 heterocycles. The molecule has 2 fully saturated rings. The van der Waals surface area contributed by atoms with Crippen molar-refractivity contribution in [1.29, 1.82) is 0 Å². The first kappa shape index (κ1) is 29.4. The quantitative estimate of drug-likeness (QED) is 0.423. The number of hydrogen-bond acceptors (Lipinski definition) is 5. The van der Waals surface area contributed by atoms with Crippen LogP contribution in [0.25, 0.3) is 0 Å². The molecule has 0 aromatic heterocycles. The Bertz CT molecular complexity index is 1380. The van der Waals surface area contributed by atoms with Gasteiger partial charge in [-0.25, -0.2) is 12.7 Å². The van der Waals surface area contributed by atoms with Gasteiger partial charge in [-0.3, -0.25) is 14.4 Å². The molecule has 0 spiro atoms. The number of rotatable bonds is 9. The molecule has 1 aliphatic heterocycles. The van der Waals surface area contributed by atoms with E-state index in [1.165, 1.54) is 11.9 Å². The van der Waals surface area contributed by atoms with E-state index in [0.29, 0.717) is 28.5 Å². The predicted octanol–water partition coefficient (Wildman–Crippen LogP) is 5.26. The van der Waals surface area contributed by atoms with E-state index in [9.17, 15) is 27.9 Å². The van der Waals surface area contributed by atoms with Crippen molar-refractivity contribution in [3.8, 4) is 0 Å². The predicted molar refractivity (Wildman–Crippen MR) is 149 cm³/mol. The second kappa shape index (κ2) is 11.1. The topological polar surface area (TPSA) is 112 Å². The van der Waals surface area contributed by atoms with E-state index >= 15 is 0 Å². The Kier molecular flexibility index (Phi) is 8.36.